The summed E-state index contributed by atoms with van der Waals surface area (Å²) in [6.45, 7) is 5.00. The summed E-state index contributed by atoms with van der Waals surface area (Å²) in [5.74, 6) is 0.738. The predicted molar refractivity (Wildman–Crippen MR) is 109 cm³/mol. The Balaban J connectivity index is 1.41. The van der Waals surface area contributed by atoms with Crippen molar-refractivity contribution >= 4 is 23.5 Å². The number of rotatable bonds is 7. The van der Waals surface area contributed by atoms with E-state index >= 15 is 0 Å². The number of thioether (sulfide) groups is 1. The lowest BCUT2D eigenvalue weighted by Crippen LogP contribution is -2.23. The Bertz CT molecular complexity index is 1040. The molecule has 1 aliphatic rings. The third-order valence-corrected chi connectivity index (χ3v) is 5.84. The molecule has 2 aromatic heterocycles. The molecular weight excluding hydrogens is 388 g/mol. The molecule has 0 N–H and O–H groups in total. The summed E-state index contributed by atoms with van der Waals surface area (Å²) < 4.78 is 7.68. The van der Waals surface area contributed by atoms with Gasteiger partial charge in [-0.05, 0) is 38.5 Å². The first-order valence-corrected chi connectivity index (χ1v) is 10.5. The van der Waals surface area contributed by atoms with Crippen LogP contribution < -0.4 is 0 Å². The average Bonchev–Trinajstić information content (AvgIpc) is 3.41. The monoisotopic (exact) mass is 410 g/mol. The van der Waals surface area contributed by atoms with Crippen LogP contribution in [0.4, 0.5) is 0 Å². The fraction of sp³-hybridized carbons (Fsp3) is 0.333. The molecule has 1 amide bonds. The smallest absolute Gasteiger partial charge is 0.277 e. The lowest BCUT2D eigenvalue weighted by atomic mass is 10.2. The number of amides is 1. The Morgan fingerprint density at radius 1 is 1.21 bits per heavy atom. The van der Waals surface area contributed by atoms with Crippen LogP contribution in [0.25, 0.3) is 5.69 Å². The first-order valence-electron chi connectivity index (χ1n) is 9.53. The maximum Gasteiger partial charge on any atom is 0.277 e. The minimum absolute atomic E-state index is 0.0137. The van der Waals surface area contributed by atoms with Gasteiger partial charge < -0.3 is 13.9 Å². The SMILES string of the molecule is Cc1cc(C(=O)CSc2nnc(CN3CCCC3=O)o2)c(C)n1-c1ccccc1. The standard InChI is InChI=1S/C21H22N4O3S/c1-14-11-17(15(2)25(14)16-7-4-3-5-8-16)18(26)13-29-21-23-22-19(28-21)12-24-10-6-9-20(24)27/h3-5,7-8,11H,6,9-10,12-13H2,1-2H3. The quantitative estimate of drug-likeness (QED) is 0.437. The van der Waals surface area contributed by atoms with Crippen molar-refractivity contribution in [2.75, 3.05) is 12.3 Å². The van der Waals surface area contributed by atoms with E-state index in [9.17, 15) is 9.59 Å². The van der Waals surface area contributed by atoms with Crippen molar-refractivity contribution in [3.63, 3.8) is 0 Å². The lowest BCUT2D eigenvalue weighted by molar-refractivity contribution is -0.128. The molecular formula is C21H22N4O3S. The molecule has 8 heteroatoms. The minimum Gasteiger partial charge on any atom is -0.414 e. The van der Waals surface area contributed by atoms with Gasteiger partial charge in [0.1, 0.15) is 0 Å². The zero-order valence-corrected chi connectivity index (χ0v) is 17.2. The summed E-state index contributed by atoms with van der Waals surface area (Å²) in [5.41, 5.74) is 3.66. The van der Waals surface area contributed by atoms with Crippen LogP contribution in [0, 0.1) is 13.8 Å². The molecule has 0 spiro atoms. The van der Waals surface area contributed by atoms with E-state index in [1.54, 1.807) is 4.90 Å². The number of nitrogens with zero attached hydrogens (tertiary/aromatic N) is 4. The number of aromatic nitrogens is 3. The molecule has 1 fully saturated rings. The van der Waals surface area contributed by atoms with E-state index in [1.165, 1.54) is 11.8 Å². The number of Topliss-reactive ketones (excluding diaryl/α,β-unsaturated/α-hetero) is 1. The van der Waals surface area contributed by atoms with Crippen molar-refractivity contribution in [1.29, 1.82) is 0 Å². The van der Waals surface area contributed by atoms with Gasteiger partial charge in [-0.15, -0.1) is 10.2 Å². The number of aryl methyl sites for hydroxylation is 1. The molecule has 0 bridgehead atoms. The number of ketones is 1. The van der Waals surface area contributed by atoms with E-state index in [1.807, 2.05) is 50.2 Å². The summed E-state index contributed by atoms with van der Waals surface area (Å²) in [6, 6.07) is 11.9. The molecule has 1 saturated heterocycles. The average molecular weight is 410 g/mol. The second kappa shape index (κ2) is 8.24. The second-order valence-electron chi connectivity index (χ2n) is 7.05. The van der Waals surface area contributed by atoms with Crippen LogP contribution in [0.5, 0.6) is 0 Å². The Morgan fingerprint density at radius 2 is 2.00 bits per heavy atom. The van der Waals surface area contributed by atoms with Crippen LogP contribution in [0.2, 0.25) is 0 Å². The highest BCUT2D eigenvalue weighted by atomic mass is 32.2. The molecule has 1 aromatic carbocycles. The van der Waals surface area contributed by atoms with Gasteiger partial charge in [-0.3, -0.25) is 9.59 Å². The highest BCUT2D eigenvalue weighted by Gasteiger charge is 2.23. The number of carbonyl (C=O) groups excluding carboxylic acids is 2. The van der Waals surface area contributed by atoms with Crippen molar-refractivity contribution in [3.05, 3.63) is 59.2 Å². The Labute approximate surface area is 173 Å². The maximum absolute atomic E-state index is 12.8. The second-order valence-corrected chi connectivity index (χ2v) is 7.97. The maximum atomic E-state index is 12.8. The normalized spacial score (nSPS) is 14.0. The molecule has 0 saturated carbocycles. The molecule has 3 aromatic rings. The Morgan fingerprint density at radius 3 is 2.72 bits per heavy atom. The fourth-order valence-electron chi connectivity index (χ4n) is 3.62. The van der Waals surface area contributed by atoms with Crippen LogP contribution in [-0.2, 0) is 11.3 Å². The summed E-state index contributed by atoms with van der Waals surface area (Å²) in [7, 11) is 0. The zero-order valence-electron chi connectivity index (χ0n) is 16.4. The number of carbonyl (C=O) groups is 2. The molecule has 150 valence electrons. The molecule has 4 rings (SSSR count). The third kappa shape index (κ3) is 4.12. The first kappa shape index (κ1) is 19.4. The van der Waals surface area contributed by atoms with Crippen molar-refractivity contribution < 1.29 is 14.0 Å². The van der Waals surface area contributed by atoms with E-state index in [2.05, 4.69) is 14.8 Å². The van der Waals surface area contributed by atoms with Gasteiger partial charge in [0.15, 0.2) is 5.78 Å². The first-order chi connectivity index (χ1) is 14.0. The Kier molecular flexibility index (Phi) is 5.53. The summed E-state index contributed by atoms with van der Waals surface area (Å²) in [5, 5.41) is 8.33. The van der Waals surface area contributed by atoms with Crippen molar-refractivity contribution in [1.82, 2.24) is 19.7 Å². The van der Waals surface area contributed by atoms with E-state index < -0.39 is 0 Å². The van der Waals surface area contributed by atoms with Gasteiger partial charge in [0, 0.05) is 35.6 Å². The third-order valence-electron chi connectivity index (χ3n) is 5.02. The lowest BCUT2D eigenvalue weighted by Gasteiger charge is -2.11. The molecule has 0 unspecified atom stereocenters. The molecule has 3 heterocycles. The molecule has 0 atom stereocenters. The predicted octanol–water partition coefficient (Wildman–Crippen LogP) is 3.57. The summed E-state index contributed by atoms with van der Waals surface area (Å²) in [4.78, 5) is 26.2. The van der Waals surface area contributed by atoms with Crippen molar-refractivity contribution in [2.24, 2.45) is 0 Å². The highest BCUT2D eigenvalue weighted by molar-refractivity contribution is 7.99. The summed E-state index contributed by atoms with van der Waals surface area (Å²) >= 11 is 1.22. The number of para-hydroxylation sites is 1. The van der Waals surface area contributed by atoms with Gasteiger partial charge in [-0.2, -0.15) is 0 Å². The van der Waals surface area contributed by atoms with Crippen LogP contribution >= 0.6 is 11.8 Å². The van der Waals surface area contributed by atoms with Crippen LogP contribution in [0.15, 0.2) is 46.0 Å². The van der Waals surface area contributed by atoms with Crippen molar-refractivity contribution in [2.45, 2.75) is 38.5 Å². The molecule has 1 aliphatic heterocycles. The van der Waals surface area contributed by atoms with Crippen molar-refractivity contribution in [3.8, 4) is 5.69 Å². The number of hydrogen-bond acceptors (Lipinski definition) is 6. The number of benzene rings is 1. The van der Waals surface area contributed by atoms with E-state index in [4.69, 9.17) is 4.42 Å². The van der Waals surface area contributed by atoms with Gasteiger partial charge in [-0.1, -0.05) is 30.0 Å². The number of hydrogen-bond donors (Lipinski definition) is 0. The molecule has 0 radical (unpaired) electrons. The van der Waals surface area contributed by atoms with Gasteiger partial charge in [0.25, 0.3) is 5.22 Å². The molecule has 7 nitrogen and oxygen atoms in total. The van der Waals surface area contributed by atoms with Crippen LogP contribution in [0.1, 0.15) is 40.5 Å². The van der Waals surface area contributed by atoms with Gasteiger partial charge >= 0.3 is 0 Å². The number of likely N-dealkylation sites (tertiary alicyclic amines) is 1. The fourth-order valence-corrected chi connectivity index (χ4v) is 4.28. The molecule has 29 heavy (non-hydrogen) atoms. The molecule has 0 aliphatic carbocycles. The van der Waals surface area contributed by atoms with Crippen LogP contribution in [-0.4, -0.2) is 43.7 Å². The van der Waals surface area contributed by atoms with Crippen LogP contribution in [0.3, 0.4) is 0 Å². The topological polar surface area (TPSA) is 81.2 Å². The Hall–Kier alpha value is -2.87. The van der Waals surface area contributed by atoms with Gasteiger partial charge in [0.2, 0.25) is 11.8 Å². The van der Waals surface area contributed by atoms with Gasteiger partial charge in [-0.25, -0.2) is 0 Å². The van der Waals surface area contributed by atoms with Gasteiger partial charge in [0.05, 0.1) is 12.3 Å². The van der Waals surface area contributed by atoms with E-state index in [0.717, 1.165) is 30.0 Å². The van der Waals surface area contributed by atoms with E-state index in [-0.39, 0.29) is 17.4 Å². The highest BCUT2D eigenvalue weighted by Crippen LogP contribution is 2.24. The minimum atomic E-state index is 0.0137. The largest absolute Gasteiger partial charge is 0.414 e. The summed E-state index contributed by atoms with van der Waals surface area (Å²) in [6.07, 6.45) is 1.44. The van der Waals surface area contributed by atoms with E-state index in [0.29, 0.717) is 29.6 Å². The zero-order chi connectivity index (χ0) is 20.4.